The number of rotatable bonds is 7. The van der Waals surface area contributed by atoms with Gasteiger partial charge in [-0.25, -0.2) is 0 Å². The summed E-state index contributed by atoms with van der Waals surface area (Å²) in [7, 11) is 0. The van der Waals surface area contributed by atoms with Gasteiger partial charge < -0.3 is 14.6 Å². The minimum absolute atomic E-state index is 0.145. The van der Waals surface area contributed by atoms with Crippen LogP contribution in [0.4, 0.5) is 0 Å². The molecule has 5 nitrogen and oxygen atoms in total. The van der Waals surface area contributed by atoms with E-state index in [9.17, 15) is 4.79 Å². The highest BCUT2D eigenvalue weighted by atomic mass is 16.5. The van der Waals surface area contributed by atoms with Crippen LogP contribution in [-0.4, -0.2) is 17.6 Å². The van der Waals surface area contributed by atoms with Crippen LogP contribution in [0.5, 0.6) is 5.88 Å². The monoisotopic (exact) mass is 322 g/mol. The van der Waals surface area contributed by atoms with Crippen molar-refractivity contribution in [3.05, 3.63) is 83.6 Å². The number of hydrogen-bond acceptors (Lipinski definition) is 4. The van der Waals surface area contributed by atoms with Crippen LogP contribution in [0, 0.1) is 0 Å². The highest BCUT2D eigenvalue weighted by molar-refractivity contribution is 5.91. The number of nitrogens with one attached hydrogen (secondary N) is 1. The first-order valence-electron chi connectivity index (χ1n) is 7.77. The van der Waals surface area contributed by atoms with Gasteiger partial charge in [-0.3, -0.25) is 4.79 Å². The Morgan fingerprint density at radius 1 is 1.00 bits per heavy atom. The van der Waals surface area contributed by atoms with Crippen molar-refractivity contribution in [3.8, 4) is 5.88 Å². The average Bonchev–Trinajstić information content (AvgIpc) is 3.11. The minimum Gasteiger partial charge on any atom is -0.471 e. The maximum absolute atomic E-state index is 12.0. The van der Waals surface area contributed by atoms with E-state index in [2.05, 4.69) is 10.5 Å². The van der Waals surface area contributed by atoms with Gasteiger partial charge in [0, 0.05) is 6.54 Å². The molecule has 0 fully saturated rings. The zero-order valence-electron chi connectivity index (χ0n) is 13.1. The van der Waals surface area contributed by atoms with Crippen LogP contribution in [-0.2, 0) is 13.0 Å². The predicted molar refractivity (Wildman–Crippen MR) is 89.8 cm³/mol. The van der Waals surface area contributed by atoms with Crippen LogP contribution in [0.1, 0.15) is 21.7 Å². The molecule has 1 aromatic heterocycles. The van der Waals surface area contributed by atoms with Crippen LogP contribution in [0.15, 0.2) is 71.3 Å². The number of amides is 1. The Balaban J connectivity index is 1.46. The van der Waals surface area contributed by atoms with Crippen LogP contribution in [0.2, 0.25) is 0 Å². The van der Waals surface area contributed by atoms with E-state index in [1.54, 1.807) is 0 Å². The molecule has 0 aliphatic carbocycles. The van der Waals surface area contributed by atoms with Crippen molar-refractivity contribution >= 4 is 5.91 Å². The van der Waals surface area contributed by atoms with Gasteiger partial charge in [0.25, 0.3) is 11.8 Å². The van der Waals surface area contributed by atoms with Gasteiger partial charge in [-0.1, -0.05) is 60.7 Å². The van der Waals surface area contributed by atoms with Crippen molar-refractivity contribution in [2.24, 2.45) is 0 Å². The third-order valence-electron chi connectivity index (χ3n) is 3.48. The first-order chi connectivity index (χ1) is 11.8. The largest absolute Gasteiger partial charge is 0.471 e. The fourth-order valence-corrected chi connectivity index (χ4v) is 2.22. The van der Waals surface area contributed by atoms with E-state index in [0.717, 1.165) is 12.0 Å². The Kier molecular flexibility index (Phi) is 5.24. The molecule has 1 amide bonds. The van der Waals surface area contributed by atoms with Crippen molar-refractivity contribution in [1.29, 1.82) is 0 Å². The van der Waals surface area contributed by atoms with E-state index in [1.165, 1.54) is 11.6 Å². The lowest BCUT2D eigenvalue weighted by Gasteiger charge is -2.02. The lowest BCUT2D eigenvalue weighted by atomic mass is 10.1. The molecule has 0 radical (unpaired) electrons. The average molecular weight is 322 g/mol. The first-order valence-corrected chi connectivity index (χ1v) is 7.77. The van der Waals surface area contributed by atoms with Crippen molar-refractivity contribution in [3.63, 3.8) is 0 Å². The third-order valence-corrected chi connectivity index (χ3v) is 3.48. The molecule has 5 heteroatoms. The maximum atomic E-state index is 12.0. The number of nitrogens with zero attached hydrogens (tertiary/aromatic N) is 1. The molecule has 0 saturated carbocycles. The Bertz CT molecular complexity index is 770. The van der Waals surface area contributed by atoms with Gasteiger partial charge in [-0.2, -0.15) is 0 Å². The number of benzene rings is 2. The summed E-state index contributed by atoms with van der Waals surface area (Å²) in [5, 5.41) is 6.57. The van der Waals surface area contributed by atoms with Crippen LogP contribution in [0.25, 0.3) is 0 Å². The summed E-state index contributed by atoms with van der Waals surface area (Å²) in [6.45, 7) is 0.909. The lowest BCUT2D eigenvalue weighted by Crippen LogP contribution is -2.25. The molecule has 3 aromatic rings. The van der Waals surface area contributed by atoms with Gasteiger partial charge in [-0.05, 0) is 22.7 Å². The second kappa shape index (κ2) is 7.97. The van der Waals surface area contributed by atoms with Gasteiger partial charge in [0.05, 0.1) is 6.07 Å². The molecular weight excluding hydrogens is 304 g/mol. The smallest absolute Gasteiger partial charge is 0.290 e. The summed E-state index contributed by atoms with van der Waals surface area (Å²) in [6.07, 6.45) is 0.762. The van der Waals surface area contributed by atoms with Gasteiger partial charge in [0.15, 0.2) is 0 Å². The Hall–Kier alpha value is -3.08. The molecule has 2 aromatic carbocycles. The standard InChI is InChI=1S/C19H18N2O3/c22-19(20-12-11-15-7-3-1-4-8-15)17-13-18(21-24-17)23-14-16-9-5-2-6-10-16/h1-10,13H,11-12,14H2,(H,20,22). The number of ether oxygens (including phenoxy) is 1. The number of hydrogen-bond donors (Lipinski definition) is 1. The Labute approximate surface area is 140 Å². The quantitative estimate of drug-likeness (QED) is 0.725. The molecular formula is C19H18N2O3. The van der Waals surface area contributed by atoms with Gasteiger partial charge in [-0.15, -0.1) is 0 Å². The summed E-state index contributed by atoms with van der Waals surface area (Å²) in [6, 6.07) is 21.2. The number of carbonyl (C=O) groups excluding carboxylic acids is 1. The second-order valence-corrected chi connectivity index (χ2v) is 5.30. The van der Waals surface area contributed by atoms with Crippen molar-refractivity contribution in [2.75, 3.05) is 6.54 Å². The van der Waals surface area contributed by atoms with Crippen LogP contribution >= 0.6 is 0 Å². The molecule has 122 valence electrons. The molecule has 0 aliphatic rings. The Morgan fingerprint density at radius 2 is 1.67 bits per heavy atom. The zero-order valence-corrected chi connectivity index (χ0v) is 13.1. The first kappa shape index (κ1) is 15.8. The maximum Gasteiger partial charge on any atom is 0.290 e. The van der Waals surface area contributed by atoms with Crippen LogP contribution < -0.4 is 10.1 Å². The molecule has 3 rings (SSSR count). The van der Waals surface area contributed by atoms with E-state index in [-0.39, 0.29) is 11.7 Å². The fourth-order valence-electron chi connectivity index (χ4n) is 2.22. The topological polar surface area (TPSA) is 64.4 Å². The van der Waals surface area contributed by atoms with Gasteiger partial charge >= 0.3 is 0 Å². The van der Waals surface area contributed by atoms with Crippen molar-refractivity contribution in [2.45, 2.75) is 13.0 Å². The van der Waals surface area contributed by atoms with Crippen LogP contribution in [0.3, 0.4) is 0 Å². The zero-order chi connectivity index (χ0) is 16.6. The summed E-state index contributed by atoms with van der Waals surface area (Å²) in [5.74, 6) is 0.145. The highest BCUT2D eigenvalue weighted by Gasteiger charge is 2.13. The summed E-state index contributed by atoms with van der Waals surface area (Å²) in [4.78, 5) is 12.0. The third kappa shape index (κ3) is 4.46. The number of carbonyl (C=O) groups is 1. The van der Waals surface area contributed by atoms with Gasteiger partial charge in [0.2, 0.25) is 5.76 Å². The van der Waals surface area contributed by atoms with E-state index in [4.69, 9.17) is 9.26 Å². The van der Waals surface area contributed by atoms with Crippen molar-refractivity contribution < 1.29 is 14.1 Å². The number of aromatic nitrogens is 1. The van der Waals surface area contributed by atoms with Crippen molar-refractivity contribution in [1.82, 2.24) is 10.5 Å². The van der Waals surface area contributed by atoms with E-state index < -0.39 is 0 Å². The molecule has 1 heterocycles. The second-order valence-electron chi connectivity index (χ2n) is 5.30. The summed E-state index contributed by atoms with van der Waals surface area (Å²) >= 11 is 0. The molecule has 24 heavy (non-hydrogen) atoms. The Morgan fingerprint density at radius 3 is 2.38 bits per heavy atom. The predicted octanol–water partition coefficient (Wildman–Crippen LogP) is 3.23. The SMILES string of the molecule is O=C(NCCc1ccccc1)c1cc(OCc2ccccc2)no1. The molecule has 0 atom stereocenters. The fraction of sp³-hybridized carbons (Fsp3) is 0.158. The summed E-state index contributed by atoms with van der Waals surface area (Å²) < 4.78 is 10.5. The molecule has 0 aliphatic heterocycles. The highest BCUT2D eigenvalue weighted by Crippen LogP contribution is 2.13. The van der Waals surface area contributed by atoms with E-state index in [0.29, 0.717) is 19.0 Å². The molecule has 0 bridgehead atoms. The lowest BCUT2D eigenvalue weighted by molar-refractivity contribution is 0.0917. The van der Waals surface area contributed by atoms with Gasteiger partial charge in [0.1, 0.15) is 6.61 Å². The molecule has 0 saturated heterocycles. The minimum atomic E-state index is -0.298. The molecule has 1 N–H and O–H groups in total. The molecule has 0 spiro atoms. The van der Waals surface area contributed by atoms with E-state index >= 15 is 0 Å². The van der Waals surface area contributed by atoms with E-state index in [1.807, 2.05) is 60.7 Å². The molecule has 0 unspecified atom stereocenters. The normalized spacial score (nSPS) is 10.3. The summed E-state index contributed by atoms with van der Waals surface area (Å²) in [5.41, 5.74) is 2.19.